The number of fused-ring (bicyclic) bond motifs is 1. The van der Waals surface area contributed by atoms with E-state index in [0.29, 0.717) is 26.4 Å². The number of nitrogens with zero attached hydrogens (tertiary/aromatic N) is 2. The van der Waals surface area contributed by atoms with E-state index in [0.717, 1.165) is 0 Å². The molecule has 0 saturated carbocycles. The summed E-state index contributed by atoms with van der Waals surface area (Å²) in [6.45, 7) is -0.202. The maximum absolute atomic E-state index is 12.5. The van der Waals surface area contributed by atoms with Crippen molar-refractivity contribution < 1.29 is 14.3 Å². The normalized spacial score (nSPS) is 10.7. The monoisotopic (exact) mass is 431 g/mol. The molecular weight excluding hydrogens is 414 g/mol. The molecule has 0 saturated heterocycles. The molecule has 1 amide bonds. The van der Waals surface area contributed by atoms with E-state index in [9.17, 15) is 14.4 Å². The molecule has 1 heterocycles. The quantitative estimate of drug-likeness (QED) is 0.476. The molecule has 9 heteroatoms. The number of hydrogen-bond acceptors (Lipinski definition) is 6. The van der Waals surface area contributed by atoms with E-state index in [1.54, 1.807) is 56.6 Å². The fourth-order valence-corrected chi connectivity index (χ4v) is 3.66. The maximum Gasteiger partial charge on any atom is 0.339 e. The van der Waals surface area contributed by atoms with Gasteiger partial charge in [0.1, 0.15) is 12.4 Å². The van der Waals surface area contributed by atoms with Crippen molar-refractivity contribution in [3.63, 3.8) is 0 Å². The second kappa shape index (κ2) is 9.11. The number of thioether (sulfide) groups is 1. The number of esters is 1. The van der Waals surface area contributed by atoms with Crippen LogP contribution in [-0.2, 0) is 16.1 Å². The zero-order chi connectivity index (χ0) is 21.0. The summed E-state index contributed by atoms with van der Waals surface area (Å²) in [6, 6.07) is 11.6. The smallest absolute Gasteiger partial charge is 0.339 e. The lowest BCUT2D eigenvalue weighted by atomic mass is 10.2. The van der Waals surface area contributed by atoms with E-state index in [2.05, 4.69) is 9.97 Å². The second-order valence-electron chi connectivity index (χ2n) is 6.32. The third kappa shape index (κ3) is 5.16. The molecule has 3 aromatic rings. The van der Waals surface area contributed by atoms with Crippen LogP contribution < -0.4 is 5.56 Å². The summed E-state index contributed by atoms with van der Waals surface area (Å²) in [5, 5.41) is 0.855. The molecule has 0 unspecified atom stereocenters. The van der Waals surface area contributed by atoms with Crippen LogP contribution in [0.4, 0.5) is 0 Å². The van der Waals surface area contributed by atoms with Gasteiger partial charge in [-0.05, 0) is 30.3 Å². The van der Waals surface area contributed by atoms with Gasteiger partial charge in [0.05, 0.1) is 22.2 Å². The number of halogens is 1. The molecule has 0 aliphatic rings. The predicted octanol–water partition coefficient (Wildman–Crippen LogP) is 3.11. The Kier molecular flexibility index (Phi) is 6.56. The van der Waals surface area contributed by atoms with E-state index < -0.39 is 5.97 Å². The fourth-order valence-electron chi connectivity index (χ4n) is 2.47. The zero-order valence-corrected chi connectivity index (χ0v) is 17.3. The van der Waals surface area contributed by atoms with Crippen molar-refractivity contribution in [3.8, 4) is 0 Å². The SMILES string of the molecule is CN(C)C(=O)CSc1ccccc1C(=O)OCc1nc2cc(Cl)ccc2c(=O)[nH]1. The van der Waals surface area contributed by atoms with Gasteiger partial charge < -0.3 is 14.6 Å². The molecule has 150 valence electrons. The maximum atomic E-state index is 12.5. The van der Waals surface area contributed by atoms with Gasteiger partial charge in [0.25, 0.3) is 5.56 Å². The van der Waals surface area contributed by atoms with Crippen LogP contribution in [0.1, 0.15) is 16.2 Å². The molecule has 1 aromatic heterocycles. The molecule has 3 rings (SSSR count). The molecule has 0 spiro atoms. The van der Waals surface area contributed by atoms with Crippen molar-refractivity contribution in [3.05, 3.63) is 69.2 Å². The molecule has 2 aromatic carbocycles. The summed E-state index contributed by atoms with van der Waals surface area (Å²) in [4.78, 5) is 45.5. The molecule has 0 aliphatic carbocycles. The first kappa shape index (κ1) is 20.9. The number of H-pyrrole nitrogens is 1. The Hall–Kier alpha value is -2.84. The Labute approximate surface area is 176 Å². The Morgan fingerprint density at radius 2 is 1.97 bits per heavy atom. The molecule has 0 fully saturated rings. The summed E-state index contributed by atoms with van der Waals surface area (Å²) in [6.07, 6.45) is 0. The molecule has 0 aliphatic heterocycles. The van der Waals surface area contributed by atoms with Gasteiger partial charge in [-0.15, -0.1) is 11.8 Å². The summed E-state index contributed by atoms with van der Waals surface area (Å²) >= 11 is 7.21. The van der Waals surface area contributed by atoms with Gasteiger partial charge >= 0.3 is 5.97 Å². The largest absolute Gasteiger partial charge is 0.454 e. The third-order valence-electron chi connectivity index (χ3n) is 4.01. The van der Waals surface area contributed by atoms with E-state index in [1.165, 1.54) is 16.7 Å². The highest BCUT2D eigenvalue weighted by molar-refractivity contribution is 8.00. The summed E-state index contributed by atoms with van der Waals surface area (Å²) in [5.41, 5.74) is 0.427. The minimum Gasteiger partial charge on any atom is -0.454 e. The Morgan fingerprint density at radius 3 is 2.72 bits per heavy atom. The van der Waals surface area contributed by atoms with E-state index in [4.69, 9.17) is 16.3 Å². The zero-order valence-electron chi connectivity index (χ0n) is 15.8. The number of carbonyl (C=O) groups excluding carboxylic acids is 2. The molecule has 29 heavy (non-hydrogen) atoms. The van der Waals surface area contributed by atoms with Crippen molar-refractivity contribution in [2.24, 2.45) is 0 Å². The van der Waals surface area contributed by atoms with Gasteiger partial charge in [0.2, 0.25) is 5.91 Å². The van der Waals surface area contributed by atoms with E-state index >= 15 is 0 Å². The number of amides is 1. The average molecular weight is 432 g/mol. The second-order valence-corrected chi connectivity index (χ2v) is 7.78. The Morgan fingerprint density at radius 1 is 1.21 bits per heavy atom. The van der Waals surface area contributed by atoms with E-state index in [1.807, 2.05) is 0 Å². The average Bonchev–Trinajstić information content (AvgIpc) is 2.70. The Balaban J connectivity index is 1.74. The first-order valence-corrected chi connectivity index (χ1v) is 9.99. The van der Waals surface area contributed by atoms with Gasteiger partial charge in [-0.25, -0.2) is 9.78 Å². The lowest BCUT2D eigenvalue weighted by Gasteiger charge is -2.12. The van der Waals surface area contributed by atoms with Crippen LogP contribution in [-0.4, -0.2) is 46.6 Å². The Bertz CT molecular complexity index is 1130. The number of benzene rings is 2. The molecule has 7 nitrogen and oxygen atoms in total. The topological polar surface area (TPSA) is 92.4 Å². The molecule has 0 radical (unpaired) electrons. The number of rotatable bonds is 6. The fraction of sp³-hybridized carbons (Fsp3) is 0.200. The highest BCUT2D eigenvalue weighted by Crippen LogP contribution is 2.24. The molecule has 0 bridgehead atoms. The standard InChI is InChI=1S/C20H18ClN3O4S/c1-24(2)18(25)11-29-16-6-4-3-5-14(16)20(27)28-10-17-22-15-9-12(21)7-8-13(15)19(26)23-17/h3-9H,10-11H2,1-2H3,(H,22,23,26). The van der Waals surface area contributed by atoms with Crippen LogP contribution in [0.15, 0.2) is 52.2 Å². The number of hydrogen-bond donors (Lipinski definition) is 1. The summed E-state index contributed by atoms with van der Waals surface area (Å²) in [7, 11) is 3.35. The van der Waals surface area contributed by atoms with Crippen LogP contribution in [0.25, 0.3) is 10.9 Å². The number of ether oxygens (including phenoxy) is 1. The first-order chi connectivity index (χ1) is 13.8. The van der Waals surface area contributed by atoms with Crippen LogP contribution >= 0.6 is 23.4 Å². The van der Waals surface area contributed by atoms with Crippen LogP contribution in [0, 0.1) is 0 Å². The van der Waals surface area contributed by atoms with Crippen molar-refractivity contribution in [2.75, 3.05) is 19.8 Å². The van der Waals surface area contributed by atoms with Gasteiger partial charge in [-0.3, -0.25) is 9.59 Å². The summed E-state index contributed by atoms with van der Waals surface area (Å²) in [5.74, 6) is -0.211. The minimum atomic E-state index is -0.570. The van der Waals surface area contributed by atoms with Crippen LogP contribution in [0.5, 0.6) is 0 Å². The van der Waals surface area contributed by atoms with Crippen molar-refractivity contribution in [1.82, 2.24) is 14.9 Å². The lowest BCUT2D eigenvalue weighted by molar-refractivity contribution is -0.125. The number of carbonyl (C=O) groups is 2. The van der Waals surface area contributed by atoms with Crippen LogP contribution in [0.3, 0.4) is 0 Å². The minimum absolute atomic E-state index is 0.0604. The van der Waals surface area contributed by atoms with E-state index in [-0.39, 0.29) is 29.7 Å². The van der Waals surface area contributed by atoms with Gasteiger partial charge in [-0.1, -0.05) is 23.7 Å². The third-order valence-corrected chi connectivity index (χ3v) is 5.31. The lowest BCUT2D eigenvalue weighted by Crippen LogP contribution is -2.23. The van der Waals surface area contributed by atoms with Gasteiger partial charge in [0, 0.05) is 24.0 Å². The number of aromatic nitrogens is 2. The van der Waals surface area contributed by atoms with Gasteiger partial charge in [-0.2, -0.15) is 0 Å². The van der Waals surface area contributed by atoms with Crippen molar-refractivity contribution in [2.45, 2.75) is 11.5 Å². The number of nitrogens with one attached hydrogen (secondary N) is 1. The van der Waals surface area contributed by atoms with Crippen LogP contribution in [0.2, 0.25) is 5.02 Å². The highest BCUT2D eigenvalue weighted by Gasteiger charge is 2.15. The van der Waals surface area contributed by atoms with Crippen molar-refractivity contribution >= 4 is 46.1 Å². The molecule has 0 atom stereocenters. The number of aromatic amines is 1. The predicted molar refractivity (Wildman–Crippen MR) is 112 cm³/mol. The van der Waals surface area contributed by atoms with Gasteiger partial charge in [0.15, 0.2) is 0 Å². The molecule has 1 N–H and O–H groups in total. The van der Waals surface area contributed by atoms with Crippen molar-refractivity contribution in [1.29, 1.82) is 0 Å². The highest BCUT2D eigenvalue weighted by atomic mass is 35.5. The molecular formula is C20H18ClN3O4S. The first-order valence-electron chi connectivity index (χ1n) is 8.62. The summed E-state index contributed by atoms with van der Waals surface area (Å²) < 4.78 is 5.33.